The number of ether oxygens (including phenoxy) is 2. The maximum atomic E-state index is 12.7. The standard InChI is InChI=1S/C19H21NO4/c1-11-16(19(22)24-3)17(12-7-4-5-10-15(12)23-2)18-13(20-11)8-6-9-14(18)21/h4-5,7-8,10,17-18,20H,6,9H2,1-3H3. The van der Waals surface area contributed by atoms with Crippen LogP contribution >= 0.6 is 0 Å². The van der Waals surface area contributed by atoms with Gasteiger partial charge in [-0.3, -0.25) is 4.79 Å². The number of benzene rings is 1. The Hall–Kier alpha value is -2.56. The van der Waals surface area contributed by atoms with E-state index in [1.54, 1.807) is 7.11 Å². The molecule has 0 radical (unpaired) electrons. The molecule has 2 unspecified atom stereocenters. The Bertz CT molecular complexity index is 747. The fourth-order valence-electron chi connectivity index (χ4n) is 3.65. The fraction of sp³-hybridized carbons (Fsp3) is 0.368. The first-order valence-corrected chi connectivity index (χ1v) is 8.00. The molecule has 1 aliphatic heterocycles. The number of hydrogen-bond acceptors (Lipinski definition) is 5. The molecule has 0 spiro atoms. The van der Waals surface area contributed by atoms with Gasteiger partial charge in [-0.05, 0) is 19.4 Å². The molecule has 2 aliphatic rings. The second kappa shape index (κ2) is 6.51. The van der Waals surface area contributed by atoms with Gasteiger partial charge in [-0.15, -0.1) is 0 Å². The van der Waals surface area contributed by atoms with Gasteiger partial charge in [0.25, 0.3) is 0 Å². The first-order valence-electron chi connectivity index (χ1n) is 8.00. The van der Waals surface area contributed by atoms with Gasteiger partial charge in [0.15, 0.2) is 0 Å². The Labute approximate surface area is 141 Å². The molecule has 3 rings (SSSR count). The molecular weight excluding hydrogens is 306 g/mol. The van der Waals surface area contributed by atoms with E-state index in [4.69, 9.17) is 9.47 Å². The van der Waals surface area contributed by atoms with Crippen molar-refractivity contribution in [1.29, 1.82) is 0 Å². The third kappa shape index (κ3) is 2.60. The van der Waals surface area contributed by atoms with Gasteiger partial charge in [0.1, 0.15) is 11.5 Å². The summed E-state index contributed by atoms with van der Waals surface area (Å²) in [6.45, 7) is 1.84. The van der Waals surface area contributed by atoms with Crippen LogP contribution in [-0.2, 0) is 14.3 Å². The summed E-state index contributed by atoms with van der Waals surface area (Å²) < 4.78 is 10.5. The lowest BCUT2D eigenvalue weighted by molar-refractivity contribution is -0.136. The number of hydrogen-bond donors (Lipinski definition) is 1. The van der Waals surface area contributed by atoms with Gasteiger partial charge in [-0.1, -0.05) is 24.3 Å². The molecular formula is C19H21NO4. The van der Waals surface area contributed by atoms with Crippen molar-refractivity contribution in [1.82, 2.24) is 5.32 Å². The maximum absolute atomic E-state index is 12.7. The van der Waals surface area contributed by atoms with Crippen molar-refractivity contribution in [2.24, 2.45) is 5.92 Å². The molecule has 5 heteroatoms. The minimum absolute atomic E-state index is 0.129. The van der Waals surface area contributed by atoms with E-state index in [-0.39, 0.29) is 5.78 Å². The molecule has 0 saturated carbocycles. The number of nitrogens with one attached hydrogen (secondary N) is 1. The third-order valence-electron chi connectivity index (χ3n) is 4.70. The smallest absolute Gasteiger partial charge is 0.336 e. The van der Waals surface area contributed by atoms with E-state index in [1.165, 1.54) is 7.11 Å². The molecule has 0 amide bonds. The van der Waals surface area contributed by atoms with E-state index >= 15 is 0 Å². The topological polar surface area (TPSA) is 64.6 Å². The molecule has 0 saturated heterocycles. The van der Waals surface area contributed by atoms with Crippen LogP contribution in [0, 0.1) is 5.92 Å². The van der Waals surface area contributed by atoms with E-state index in [1.807, 2.05) is 37.3 Å². The van der Waals surface area contributed by atoms with Gasteiger partial charge in [-0.2, -0.15) is 0 Å². The van der Waals surface area contributed by atoms with Gasteiger partial charge < -0.3 is 14.8 Å². The highest BCUT2D eigenvalue weighted by Gasteiger charge is 2.44. The van der Waals surface area contributed by atoms with E-state index in [0.717, 1.165) is 23.4 Å². The number of para-hydroxylation sites is 1. The van der Waals surface area contributed by atoms with E-state index in [0.29, 0.717) is 17.7 Å². The molecule has 1 N–H and O–H groups in total. The quantitative estimate of drug-likeness (QED) is 0.865. The first-order chi connectivity index (χ1) is 11.6. The summed E-state index contributed by atoms with van der Waals surface area (Å²) in [4.78, 5) is 25.1. The molecule has 5 nitrogen and oxygen atoms in total. The summed E-state index contributed by atoms with van der Waals surface area (Å²) >= 11 is 0. The van der Waals surface area contributed by atoms with E-state index in [9.17, 15) is 9.59 Å². The number of carbonyl (C=O) groups is 2. The van der Waals surface area contributed by atoms with Crippen LogP contribution in [0.3, 0.4) is 0 Å². The average molecular weight is 327 g/mol. The van der Waals surface area contributed by atoms with Gasteiger partial charge >= 0.3 is 5.97 Å². The molecule has 24 heavy (non-hydrogen) atoms. The Morgan fingerprint density at radius 1 is 1.21 bits per heavy atom. The number of esters is 1. The van der Waals surface area contributed by atoms with Crippen LogP contribution < -0.4 is 10.1 Å². The first kappa shape index (κ1) is 16.3. The molecule has 1 aromatic carbocycles. The van der Waals surface area contributed by atoms with Crippen molar-refractivity contribution < 1.29 is 19.1 Å². The van der Waals surface area contributed by atoms with Crippen molar-refractivity contribution in [3.63, 3.8) is 0 Å². The predicted octanol–water partition coefficient (Wildman–Crippen LogP) is 2.69. The molecule has 0 bridgehead atoms. The maximum Gasteiger partial charge on any atom is 0.336 e. The van der Waals surface area contributed by atoms with Crippen LogP contribution in [-0.4, -0.2) is 26.0 Å². The second-order valence-corrected chi connectivity index (χ2v) is 6.02. The number of methoxy groups -OCH3 is 2. The van der Waals surface area contributed by atoms with Crippen molar-refractivity contribution in [3.05, 3.63) is 52.9 Å². The zero-order chi connectivity index (χ0) is 17.3. The number of rotatable bonds is 3. The fourth-order valence-corrected chi connectivity index (χ4v) is 3.65. The number of carbonyl (C=O) groups excluding carboxylic acids is 2. The summed E-state index contributed by atoms with van der Waals surface area (Å²) in [5.41, 5.74) is 2.90. The minimum Gasteiger partial charge on any atom is -0.496 e. The van der Waals surface area contributed by atoms with Crippen molar-refractivity contribution in [2.45, 2.75) is 25.7 Å². The van der Waals surface area contributed by atoms with Crippen molar-refractivity contribution >= 4 is 11.8 Å². The van der Waals surface area contributed by atoms with Crippen LogP contribution in [0.25, 0.3) is 0 Å². The Balaban J connectivity index is 2.23. The summed E-state index contributed by atoms with van der Waals surface area (Å²) in [6, 6.07) is 7.51. The molecule has 2 atom stereocenters. The molecule has 0 aromatic heterocycles. The largest absolute Gasteiger partial charge is 0.496 e. The average Bonchev–Trinajstić information content (AvgIpc) is 2.60. The number of Topliss-reactive ketones (excluding diaryl/α,β-unsaturated/α-hetero) is 1. The van der Waals surface area contributed by atoms with Gasteiger partial charge in [0.05, 0.1) is 25.7 Å². The van der Waals surface area contributed by atoms with Crippen LogP contribution in [0.5, 0.6) is 5.75 Å². The van der Waals surface area contributed by atoms with Crippen molar-refractivity contribution in [2.75, 3.05) is 14.2 Å². The number of allylic oxidation sites excluding steroid dienone is 3. The molecule has 1 heterocycles. The highest BCUT2D eigenvalue weighted by molar-refractivity contribution is 5.96. The Kier molecular flexibility index (Phi) is 4.42. The molecule has 126 valence electrons. The summed E-state index contributed by atoms with van der Waals surface area (Å²) in [5, 5.41) is 3.23. The van der Waals surface area contributed by atoms with Crippen LogP contribution in [0.1, 0.15) is 31.2 Å². The highest BCUT2D eigenvalue weighted by atomic mass is 16.5. The third-order valence-corrected chi connectivity index (χ3v) is 4.70. The van der Waals surface area contributed by atoms with Crippen molar-refractivity contribution in [3.8, 4) is 5.75 Å². The minimum atomic E-state index is -0.423. The number of ketones is 1. The predicted molar refractivity (Wildman–Crippen MR) is 89.4 cm³/mol. The van der Waals surface area contributed by atoms with Crippen LogP contribution in [0.2, 0.25) is 0 Å². The Morgan fingerprint density at radius 3 is 2.67 bits per heavy atom. The lowest BCUT2D eigenvalue weighted by Gasteiger charge is -2.38. The van der Waals surface area contributed by atoms with Crippen LogP contribution in [0.15, 0.2) is 47.3 Å². The van der Waals surface area contributed by atoms with E-state index < -0.39 is 17.8 Å². The molecule has 1 aromatic rings. The normalized spacial score (nSPS) is 23.1. The number of fused-ring (bicyclic) bond motifs is 1. The zero-order valence-electron chi connectivity index (χ0n) is 14.1. The zero-order valence-corrected chi connectivity index (χ0v) is 14.1. The van der Waals surface area contributed by atoms with Crippen LogP contribution in [0.4, 0.5) is 0 Å². The highest BCUT2D eigenvalue weighted by Crippen LogP contribution is 2.46. The molecule has 0 fully saturated rings. The second-order valence-electron chi connectivity index (χ2n) is 6.02. The lowest BCUT2D eigenvalue weighted by Crippen LogP contribution is -2.40. The summed E-state index contributed by atoms with van der Waals surface area (Å²) in [5.74, 6) is -0.448. The summed E-state index contributed by atoms with van der Waals surface area (Å²) in [6.07, 6.45) is 3.25. The molecule has 1 aliphatic carbocycles. The van der Waals surface area contributed by atoms with Gasteiger partial charge in [-0.25, -0.2) is 4.79 Å². The Morgan fingerprint density at radius 2 is 1.96 bits per heavy atom. The van der Waals surface area contributed by atoms with Gasteiger partial charge in [0, 0.05) is 29.3 Å². The summed E-state index contributed by atoms with van der Waals surface area (Å²) in [7, 11) is 2.95. The van der Waals surface area contributed by atoms with Gasteiger partial charge in [0.2, 0.25) is 0 Å². The van der Waals surface area contributed by atoms with E-state index in [2.05, 4.69) is 5.32 Å². The monoisotopic (exact) mass is 327 g/mol. The SMILES string of the molecule is COC(=O)C1=C(C)NC2=CCCC(=O)C2C1c1ccccc1OC. The lowest BCUT2D eigenvalue weighted by atomic mass is 9.71.